The van der Waals surface area contributed by atoms with Crippen LogP contribution < -0.4 is 10.6 Å². The number of carbonyl (C=O) groups excluding carboxylic acids is 1. The summed E-state index contributed by atoms with van der Waals surface area (Å²) in [7, 11) is 1.87. The molecule has 168 valence electrons. The molecule has 0 saturated carbocycles. The molecule has 0 bridgehead atoms. The number of amides is 1. The Bertz CT molecular complexity index is 1190. The smallest absolute Gasteiger partial charge is 0.247 e. The number of anilines is 1. The number of hydrogen-bond donors (Lipinski definition) is 2. The molecule has 0 fully saturated rings. The fourth-order valence-electron chi connectivity index (χ4n) is 3.60. The molecule has 3 aromatic heterocycles. The molecule has 33 heavy (non-hydrogen) atoms. The van der Waals surface area contributed by atoms with Crippen molar-refractivity contribution in [2.75, 3.05) is 11.9 Å². The van der Waals surface area contributed by atoms with Crippen LogP contribution in [-0.2, 0) is 11.8 Å². The van der Waals surface area contributed by atoms with Crippen LogP contribution in [0.5, 0.6) is 0 Å². The van der Waals surface area contributed by atoms with Crippen molar-refractivity contribution in [2.45, 2.75) is 25.8 Å². The highest BCUT2D eigenvalue weighted by atomic mass is 16.2. The number of carbonyl (C=O) groups is 1. The Kier molecular flexibility index (Phi) is 6.90. The van der Waals surface area contributed by atoms with Crippen molar-refractivity contribution >= 4 is 11.7 Å². The molecule has 0 aliphatic carbocycles. The first-order valence-corrected chi connectivity index (χ1v) is 11.0. The van der Waals surface area contributed by atoms with Crippen LogP contribution in [0.2, 0.25) is 0 Å². The van der Waals surface area contributed by atoms with E-state index in [1.165, 1.54) is 0 Å². The predicted molar refractivity (Wildman–Crippen MR) is 130 cm³/mol. The summed E-state index contributed by atoms with van der Waals surface area (Å²) in [4.78, 5) is 22.0. The van der Waals surface area contributed by atoms with E-state index in [0.29, 0.717) is 12.4 Å². The van der Waals surface area contributed by atoms with Gasteiger partial charge in [-0.1, -0.05) is 43.3 Å². The summed E-state index contributed by atoms with van der Waals surface area (Å²) in [5.74, 6) is 0.553. The maximum Gasteiger partial charge on any atom is 0.247 e. The van der Waals surface area contributed by atoms with Crippen LogP contribution in [0.1, 0.15) is 35.7 Å². The van der Waals surface area contributed by atoms with Crippen LogP contribution in [-0.4, -0.2) is 32.2 Å². The molecule has 2 N–H and O–H groups in total. The van der Waals surface area contributed by atoms with Crippen LogP contribution >= 0.6 is 0 Å². The third-order valence-corrected chi connectivity index (χ3v) is 5.58. The Hall–Kier alpha value is -3.84. The highest BCUT2D eigenvalue weighted by Crippen LogP contribution is 2.21. The minimum absolute atomic E-state index is 0.156. The number of pyridine rings is 2. The topological polar surface area (TPSA) is 84.7 Å². The van der Waals surface area contributed by atoms with Gasteiger partial charge in [0.2, 0.25) is 5.91 Å². The van der Waals surface area contributed by atoms with Gasteiger partial charge in [-0.2, -0.15) is 5.10 Å². The van der Waals surface area contributed by atoms with Gasteiger partial charge in [-0.15, -0.1) is 0 Å². The quantitative estimate of drug-likeness (QED) is 0.428. The fourth-order valence-corrected chi connectivity index (χ4v) is 3.60. The molecule has 1 aromatic carbocycles. The number of nitrogens with zero attached hydrogens (tertiary/aromatic N) is 4. The maximum absolute atomic E-state index is 13.2. The number of benzene rings is 1. The zero-order chi connectivity index (χ0) is 23.2. The lowest BCUT2D eigenvalue weighted by molar-refractivity contribution is -0.118. The normalized spacial score (nSPS) is 12.8. The lowest BCUT2D eigenvalue weighted by atomic mass is 10.0. The van der Waals surface area contributed by atoms with E-state index in [-0.39, 0.29) is 11.8 Å². The molecule has 0 radical (unpaired) electrons. The summed E-state index contributed by atoms with van der Waals surface area (Å²) in [6.45, 7) is 4.73. The lowest BCUT2D eigenvalue weighted by Crippen LogP contribution is -2.35. The first-order valence-electron chi connectivity index (χ1n) is 11.0. The van der Waals surface area contributed by atoms with E-state index in [4.69, 9.17) is 0 Å². The Morgan fingerprint density at radius 1 is 0.939 bits per heavy atom. The van der Waals surface area contributed by atoms with Crippen LogP contribution in [0, 0.1) is 6.92 Å². The molecule has 4 aromatic rings. The third-order valence-electron chi connectivity index (χ3n) is 5.58. The number of hydrogen-bond acceptors (Lipinski definition) is 5. The van der Waals surface area contributed by atoms with Crippen molar-refractivity contribution in [1.29, 1.82) is 0 Å². The van der Waals surface area contributed by atoms with Gasteiger partial charge in [-0.05, 0) is 42.2 Å². The van der Waals surface area contributed by atoms with Gasteiger partial charge in [-0.25, -0.2) is 4.98 Å². The average Bonchev–Trinajstić information content (AvgIpc) is 3.27. The molecule has 7 heteroatoms. The van der Waals surface area contributed by atoms with Crippen molar-refractivity contribution in [2.24, 2.45) is 7.05 Å². The molecular formula is C26H28N6O. The molecule has 0 aliphatic rings. The molecule has 0 aliphatic heterocycles. The molecule has 0 unspecified atom stereocenters. The molecule has 1 amide bonds. The van der Waals surface area contributed by atoms with Crippen LogP contribution in [0.15, 0.2) is 79.4 Å². The second kappa shape index (κ2) is 10.2. The molecule has 2 atom stereocenters. The third kappa shape index (κ3) is 5.70. The minimum atomic E-state index is -0.508. The maximum atomic E-state index is 13.2. The number of rotatable bonds is 8. The zero-order valence-corrected chi connectivity index (χ0v) is 19.1. The Labute approximate surface area is 193 Å². The SMILES string of the molecule is Cc1ccc([C@H](C)CN[C@H](C(=O)Nc2ccc(-c3cnn(C)c3)cn2)c2ccccc2)cn1. The summed E-state index contributed by atoms with van der Waals surface area (Å²) in [5, 5.41) is 10.6. The van der Waals surface area contributed by atoms with Gasteiger partial charge in [0.1, 0.15) is 11.9 Å². The molecule has 0 saturated heterocycles. The van der Waals surface area contributed by atoms with Gasteiger partial charge < -0.3 is 10.6 Å². The Morgan fingerprint density at radius 2 is 1.76 bits per heavy atom. The van der Waals surface area contributed by atoms with Crippen LogP contribution in [0.3, 0.4) is 0 Å². The number of nitrogens with one attached hydrogen (secondary N) is 2. The van der Waals surface area contributed by atoms with E-state index in [1.54, 1.807) is 17.1 Å². The number of aryl methyl sites for hydroxylation is 2. The Balaban J connectivity index is 1.46. The molecular weight excluding hydrogens is 412 g/mol. The van der Waals surface area contributed by atoms with Gasteiger partial charge in [0.15, 0.2) is 0 Å². The highest BCUT2D eigenvalue weighted by molar-refractivity contribution is 5.95. The van der Waals surface area contributed by atoms with Crippen LogP contribution in [0.4, 0.5) is 5.82 Å². The van der Waals surface area contributed by atoms with Crippen LogP contribution in [0.25, 0.3) is 11.1 Å². The number of aromatic nitrogens is 4. The zero-order valence-electron chi connectivity index (χ0n) is 19.1. The summed E-state index contributed by atoms with van der Waals surface area (Å²) in [6.07, 6.45) is 7.35. The van der Waals surface area contributed by atoms with Gasteiger partial charge >= 0.3 is 0 Å². The molecule has 3 heterocycles. The minimum Gasteiger partial charge on any atom is -0.309 e. The van der Waals surface area contributed by atoms with E-state index >= 15 is 0 Å². The lowest BCUT2D eigenvalue weighted by Gasteiger charge is -2.21. The van der Waals surface area contributed by atoms with Gasteiger partial charge in [0, 0.05) is 49.0 Å². The molecule has 4 rings (SSSR count). The average molecular weight is 441 g/mol. The van der Waals surface area contributed by atoms with E-state index in [2.05, 4.69) is 38.7 Å². The van der Waals surface area contributed by atoms with Crippen molar-refractivity contribution in [3.8, 4) is 11.1 Å². The van der Waals surface area contributed by atoms with Crippen molar-refractivity contribution in [3.63, 3.8) is 0 Å². The van der Waals surface area contributed by atoms with Gasteiger partial charge in [0.25, 0.3) is 0 Å². The van der Waals surface area contributed by atoms with E-state index in [0.717, 1.165) is 27.9 Å². The van der Waals surface area contributed by atoms with Gasteiger partial charge in [0.05, 0.1) is 6.20 Å². The summed E-state index contributed by atoms with van der Waals surface area (Å²) in [5.41, 5.74) is 4.94. The summed E-state index contributed by atoms with van der Waals surface area (Å²) < 4.78 is 1.74. The molecule has 7 nitrogen and oxygen atoms in total. The monoisotopic (exact) mass is 440 g/mol. The standard InChI is InChI=1S/C26H28N6O/c1-18(21-10-9-19(2)27-14-21)13-29-25(20-7-5-4-6-8-20)26(33)31-24-12-11-22(15-28-24)23-16-30-32(3)17-23/h4-12,14-18,25,29H,13H2,1-3H3,(H,28,31,33)/t18-,25+/m1/s1. The second-order valence-electron chi connectivity index (χ2n) is 8.21. The van der Waals surface area contributed by atoms with E-state index < -0.39 is 6.04 Å². The highest BCUT2D eigenvalue weighted by Gasteiger charge is 2.22. The fraction of sp³-hybridized carbons (Fsp3) is 0.231. The van der Waals surface area contributed by atoms with Gasteiger partial charge in [-0.3, -0.25) is 14.5 Å². The summed E-state index contributed by atoms with van der Waals surface area (Å²) >= 11 is 0. The first kappa shape index (κ1) is 22.4. The largest absolute Gasteiger partial charge is 0.309 e. The van der Waals surface area contributed by atoms with E-state index in [1.807, 2.05) is 74.9 Å². The second-order valence-corrected chi connectivity index (χ2v) is 8.21. The Morgan fingerprint density at radius 3 is 2.39 bits per heavy atom. The molecule has 0 spiro atoms. The summed E-state index contributed by atoms with van der Waals surface area (Å²) in [6, 6.07) is 17.0. The predicted octanol–water partition coefficient (Wildman–Crippen LogP) is 4.26. The van der Waals surface area contributed by atoms with Crippen molar-refractivity contribution < 1.29 is 4.79 Å². The van der Waals surface area contributed by atoms with Crippen molar-refractivity contribution in [1.82, 2.24) is 25.1 Å². The van der Waals surface area contributed by atoms with E-state index in [9.17, 15) is 4.79 Å². The van der Waals surface area contributed by atoms with Crippen molar-refractivity contribution in [3.05, 3.63) is 96.2 Å². The first-order chi connectivity index (χ1) is 16.0.